The molecule has 2 N–H and O–H groups in total. The van der Waals surface area contributed by atoms with Crippen LogP contribution >= 0.6 is 0 Å². The molecule has 1 aliphatic rings. The largest absolute Gasteiger partial charge is 0.484 e. The SMILES string of the molecule is CS(=O)(=O)N(CC(=O)N/N=C\c1ccc(OCC(=O)NC[C@@H]2CCCO2)cc1)c1ccc(Oc2ccccc2)cc1. The van der Waals surface area contributed by atoms with Gasteiger partial charge in [-0.15, -0.1) is 0 Å². The Morgan fingerprint density at radius 3 is 2.32 bits per heavy atom. The molecule has 0 unspecified atom stereocenters. The summed E-state index contributed by atoms with van der Waals surface area (Å²) in [6.45, 7) is 0.629. The number of nitrogens with zero attached hydrogens (tertiary/aromatic N) is 2. The molecule has 0 saturated carbocycles. The predicted octanol–water partition coefficient (Wildman–Crippen LogP) is 3.07. The van der Waals surface area contributed by atoms with Crippen LogP contribution in [0.5, 0.6) is 17.2 Å². The van der Waals surface area contributed by atoms with Crippen molar-refractivity contribution in [1.29, 1.82) is 0 Å². The van der Waals surface area contributed by atoms with Crippen LogP contribution in [0.3, 0.4) is 0 Å². The van der Waals surface area contributed by atoms with Crippen molar-refractivity contribution in [3.8, 4) is 17.2 Å². The number of para-hydroxylation sites is 1. The molecule has 4 rings (SSSR count). The molecule has 1 fully saturated rings. The highest BCUT2D eigenvalue weighted by atomic mass is 32.2. The van der Waals surface area contributed by atoms with Gasteiger partial charge in [-0.3, -0.25) is 13.9 Å². The van der Waals surface area contributed by atoms with Crippen molar-refractivity contribution in [2.75, 3.05) is 36.9 Å². The average Bonchev–Trinajstić information content (AvgIpc) is 3.49. The summed E-state index contributed by atoms with van der Waals surface area (Å²) in [7, 11) is -3.76. The van der Waals surface area contributed by atoms with Gasteiger partial charge in [0.05, 0.1) is 24.3 Å². The minimum Gasteiger partial charge on any atom is -0.484 e. The summed E-state index contributed by atoms with van der Waals surface area (Å²) in [5.41, 5.74) is 3.31. The van der Waals surface area contributed by atoms with Crippen molar-refractivity contribution in [2.45, 2.75) is 18.9 Å². The van der Waals surface area contributed by atoms with Gasteiger partial charge in [-0.2, -0.15) is 5.10 Å². The van der Waals surface area contributed by atoms with E-state index < -0.39 is 22.5 Å². The number of sulfonamides is 1. The second kappa shape index (κ2) is 14.3. The van der Waals surface area contributed by atoms with Crippen molar-refractivity contribution in [1.82, 2.24) is 10.7 Å². The summed E-state index contributed by atoms with van der Waals surface area (Å²) in [5.74, 6) is 0.824. The summed E-state index contributed by atoms with van der Waals surface area (Å²) in [6, 6.07) is 22.3. The van der Waals surface area contributed by atoms with Gasteiger partial charge in [-0.05, 0) is 79.1 Å². The predicted molar refractivity (Wildman–Crippen MR) is 155 cm³/mol. The molecule has 1 saturated heterocycles. The molecule has 1 heterocycles. The van der Waals surface area contributed by atoms with Gasteiger partial charge in [0, 0.05) is 13.2 Å². The second-order valence-electron chi connectivity index (χ2n) is 9.27. The molecule has 1 aliphatic heterocycles. The maximum Gasteiger partial charge on any atom is 0.260 e. The molecule has 11 nitrogen and oxygen atoms in total. The zero-order valence-corrected chi connectivity index (χ0v) is 23.4. The Bertz CT molecular complexity index is 1420. The summed E-state index contributed by atoms with van der Waals surface area (Å²) < 4.78 is 42.5. The highest BCUT2D eigenvalue weighted by Gasteiger charge is 2.21. The molecule has 0 spiro atoms. The fourth-order valence-corrected chi connectivity index (χ4v) is 4.79. The number of rotatable bonds is 13. The maximum atomic E-state index is 12.5. The van der Waals surface area contributed by atoms with Crippen LogP contribution in [0.15, 0.2) is 84.0 Å². The lowest BCUT2D eigenvalue weighted by Gasteiger charge is -2.21. The minimum atomic E-state index is -3.76. The van der Waals surface area contributed by atoms with E-state index in [1.807, 2.05) is 18.2 Å². The van der Waals surface area contributed by atoms with Crippen LogP contribution in [0.25, 0.3) is 0 Å². The van der Waals surface area contributed by atoms with Crippen LogP contribution < -0.4 is 24.5 Å². The van der Waals surface area contributed by atoms with Crippen LogP contribution in [0.2, 0.25) is 0 Å². The van der Waals surface area contributed by atoms with E-state index >= 15 is 0 Å². The molecule has 0 aromatic heterocycles. The number of ether oxygens (including phenoxy) is 3. The Balaban J connectivity index is 1.24. The van der Waals surface area contributed by atoms with Gasteiger partial charge in [0.1, 0.15) is 23.8 Å². The molecule has 3 aromatic carbocycles. The number of nitrogens with one attached hydrogen (secondary N) is 2. The molecule has 0 aliphatic carbocycles. The fourth-order valence-electron chi connectivity index (χ4n) is 3.93. The Hall–Kier alpha value is -4.42. The third-order valence-corrected chi connectivity index (χ3v) is 7.14. The van der Waals surface area contributed by atoms with E-state index in [0.29, 0.717) is 35.0 Å². The van der Waals surface area contributed by atoms with E-state index in [1.54, 1.807) is 60.7 Å². The molecule has 0 bridgehead atoms. The molecule has 41 heavy (non-hydrogen) atoms. The van der Waals surface area contributed by atoms with Gasteiger partial charge in [-0.1, -0.05) is 18.2 Å². The average molecular weight is 581 g/mol. The molecule has 0 radical (unpaired) electrons. The molecular weight excluding hydrogens is 548 g/mol. The van der Waals surface area contributed by atoms with E-state index in [0.717, 1.165) is 30.0 Å². The second-order valence-corrected chi connectivity index (χ2v) is 11.2. The van der Waals surface area contributed by atoms with Crippen molar-refractivity contribution in [3.63, 3.8) is 0 Å². The number of hydrazone groups is 1. The Morgan fingerprint density at radius 1 is 0.976 bits per heavy atom. The van der Waals surface area contributed by atoms with Crippen LogP contribution in [-0.2, 0) is 24.3 Å². The third-order valence-electron chi connectivity index (χ3n) is 5.99. The Labute approximate surface area is 239 Å². The topological polar surface area (TPSA) is 136 Å². The van der Waals surface area contributed by atoms with E-state index in [4.69, 9.17) is 14.2 Å². The Kier molecular flexibility index (Phi) is 10.3. The first-order chi connectivity index (χ1) is 19.8. The normalized spacial score (nSPS) is 14.9. The summed E-state index contributed by atoms with van der Waals surface area (Å²) >= 11 is 0. The smallest absolute Gasteiger partial charge is 0.260 e. The molecule has 3 aromatic rings. The highest BCUT2D eigenvalue weighted by Crippen LogP contribution is 2.25. The van der Waals surface area contributed by atoms with Crippen LogP contribution in [-0.4, -0.2) is 65.1 Å². The van der Waals surface area contributed by atoms with E-state index in [1.165, 1.54) is 6.21 Å². The first-order valence-electron chi connectivity index (χ1n) is 13.0. The van der Waals surface area contributed by atoms with E-state index in [9.17, 15) is 18.0 Å². The lowest BCUT2D eigenvalue weighted by atomic mass is 10.2. The van der Waals surface area contributed by atoms with Crippen LogP contribution in [0.1, 0.15) is 18.4 Å². The first kappa shape index (κ1) is 29.6. The monoisotopic (exact) mass is 580 g/mol. The molecule has 216 valence electrons. The van der Waals surface area contributed by atoms with Crippen molar-refractivity contribution >= 4 is 33.7 Å². The van der Waals surface area contributed by atoms with E-state index in [-0.39, 0.29) is 18.6 Å². The molecule has 12 heteroatoms. The van der Waals surface area contributed by atoms with Crippen molar-refractivity contribution < 1.29 is 32.2 Å². The summed E-state index contributed by atoms with van der Waals surface area (Å²) in [6.07, 6.45) is 4.46. The first-order valence-corrected chi connectivity index (χ1v) is 14.8. The van der Waals surface area contributed by atoms with Crippen molar-refractivity contribution in [3.05, 3.63) is 84.4 Å². The molecular formula is C29H32N4O7S. The van der Waals surface area contributed by atoms with Crippen molar-refractivity contribution in [2.24, 2.45) is 5.10 Å². The van der Waals surface area contributed by atoms with Crippen LogP contribution in [0.4, 0.5) is 5.69 Å². The highest BCUT2D eigenvalue weighted by molar-refractivity contribution is 7.92. The number of amides is 2. The van der Waals surface area contributed by atoms with Gasteiger partial charge in [0.2, 0.25) is 10.0 Å². The van der Waals surface area contributed by atoms with E-state index in [2.05, 4.69) is 15.8 Å². The number of carbonyl (C=O) groups is 2. The number of carbonyl (C=O) groups excluding carboxylic acids is 2. The number of hydrogen-bond donors (Lipinski definition) is 2. The third kappa shape index (κ3) is 9.62. The number of hydrogen-bond acceptors (Lipinski definition) is 8. The lowest BCUT2D eigenvalue weighted by Crippen LogP contribution is -2.39. The van der Waals surface area contributed by atoms with Crippen LogP contribution in [0, 0.1) is 0 Å². The maximum absolute atomic E-state index is 12.5. The summed E-state index contributed by atoms with van der Waals surface area (Å²) in [4.78, 5) is 24.4. The molecule has 1 atom stereocenters. The van der Waals surface area contributed by atoms with Gasteiger partial charge in [0.25, 0.3) is 11.8 Å². The van der Waals surface area contributed by atoms with Gasteiger partial charge in [0.15, 0.2) is 6.61 Å². The number of benzene rings is 3. The van der Waals surface area contributed by atoms with Gasteiger partial charge in [-0.25, -0.2) is 13.8 Å². The Morgan fingerprint density at radius 2 is 1.66 bits per heavy atom. The van der Waals surface area contributed by atoms with Gasteiger partial charge < -0.3 is 19.5 Å². The zero-order valence-electron chi connectivity index (χ0n) is 22.6. The lowest BCUT2D eigenvalue weighted by molar-refractivity contribution is -0.123. The minimum absolute atomic E-state index is 0.0688. The molecule has 2 amide bonds. The standard InChI is InChI=1S/C29H32N4O7S/c1-41(36,37)33(23-11-15-26(16-12-23)40-25-6-3-2-4-7-25)20-28(34)32-31-18-22-9-13-24(14-10-22)39-21-29(35)30-19-27-8-5-17-38-27/h2-4,6-7,9-16,18,27H,5,8,17,19-21H2,1H3,(H,30,35)(H,32,34)/b31-18-/t27-/m0/s1. The quantitative estimate of drug-likeness (QED) is 0.234. The fraction of sp³-hybridized carbons (Fsp3) is 0.276. The zero-order chi connectivity index (χ0) is 29.1. The summed E-state index contributed by atoms with van der Waals surface area (Å²) in [5, 5.41) is 6.71. The number of anilines is 1. The van der Waals surface area contributed by atoms with Gasteiger partial charge >= 0.3 is 0 Å².